The van der Waals surface area contributed by atoms with E-state index in [0.717, 1.165) is 30.3 Å². The largest absolute Gasteiger partial charge is 0.497 e. The maximum absolute atomic E-state index is 13.2. The molecule has 1 saturated carbocycles. The zero-order valence-electron chi connectivity index (χ0n) is 19.6. The van der Waals surface area contributed by atoms with Gasteiger partial charge in [-0.05, 0) is 51.3 Å². The highest BCUT2D eigenvalue weighted by molar-refractivity contribution is 6.08. The van der Waals surface area contributed by atoms with Gasteiger partial charge in [-0.25, -0.2) is 0 Å². The second-order valence-electron chi connectivity index (χ2n) is 9.92. The number of nitrogens with one attached hydrogen (secondary N) is 1. The van der Waals surface area contributed by atoms with Crippen LogP contribution in [0.25, 0.3) is 0 Å². The predicted molar refractivity (Wildman–Crippen MR) is 122 cm³/mol. The Morgan fingerprint density at radius 3 is 2.64 bits per heavy atom. The fraction of sp³-hybridized carbons (Fsp3) is 0.720. The number of hydrogen-bond acceptors (Lipinski definition) is 6. The zero-order valence-corrected chi connectivity index (χ0v) is 19.6. The number of hydrogen-bond donors (Lipinski definition) is 2. The van der Waals surface area contributed by atoms with Crippen LogP contribution in [0.1, 0.15) is 57.8 Å². The Balaban J connectivity index is 1.24. The number of amides is 3. The quantitative estimate of drug-likeness (QED) is 0.383. The Hall–Kier alpha value is -2.19. The molecule has 2 heterocycles. The molecule has 8 heteroatoms. The van der Waals surface area contributed by atoms with Gasteiger partial charge in [0.25, 0.3) is 0 Å². The van der Waals surface area contributed by atoms with Crippen LogP contribution in [-0.4, -0.2) is 71.6 Å². The van der Waals surface area contributed by atoms with E-state index in [0.29, 0.717) is 12.4 Å². The number of carbonyl (C=O) groups excluding carboxylic acids is 3. The van der Waals surface area contributed by atoms with Crippen molar-refractivity contribution >= 4 is 17.7 Å². The summed E-state index contributed by atoms with van der Waals surface area (Å²) in [4.78, 5) is 41.1. The standard InChI is InChI=1S/C25H37N3O5/c1-27(14-5-9-17-7-2-3-8-17)15-6-16-33-20-11-4-10-18-22(20)25(32)28(24(18)31)19-12-13-21(29)26-23(19)30/h4,10-11,17-19,22-23,30H,2-3,5-9,12-16H2,1H3,(H,26,29). The summed E-state index contributed by atoms with van der Waals surface area (Å²) in [5.74, 6) is -0.818. The molecule has 33 heavy (non-hydrogen) atoms. The minimum atomic E-state index is -1.24. The van der Waals surface area contributed by atoms with Gasteiger partial charge < -0.3 is 20.1 Å². The van der Waals surface area contributed by atoms with Crippen molar-refractivity contribution in [3.05, 3.63) is 24.0 Å². The monoisotopic (exact) mass is 459 g/mol. The maximum atomic E-state index is 13.2. The molecule has 182 valence electrons. The van der Waals surface area contributed by atoms with Gasteiger partial charge in [-0.1, -0.05) is 37.8 Å². The van der Waals surface area contributed by atoms with Gasteiger partial charge in [-0.2, -0.15) is 0 Å². The molecule has 8 nitrogen and oxygen atoms in total. The first-order chi connectivity index (χ1) is 16.0. The van der Waals surface area contributed by atoms with Crippen LogP contribution >= 0.6 is 0 Å². The van der Waals surface area contributed by atoms with E-state index in [9.17, 15) is 19.5 Å². The lowest BCUT2D eigenvalue weighted by Crippen LogP contribution is -2.57. The number of piperidine rings is 1. The van der Waals surface area contributed by atoms with Gasteiger partial charge in [-0.15, -0.1) is 0 Å². The van der Waals surface area contributed by atoms with Gasteiger partial charge in [0.1, 0.15) is 17.9 Å². The highest BCUT2D eigenvalue weighted by Crippen LogP contribution is 2.38. The Bertz CT molecular complexity index is 804. The zero-order chi connectivity index (χ0) is 23.4. The van der Waals surface area contributed by atoms with Crippen molar-refractivity contribution in [3.63, 3.8) is 0 Å². The van der Waals surface area contributed by atoms with Gasteiger partial charge in [0.05, 0.1) is 18.6 Å². The van der Waals surface area contributed by atoms with Gasteiger partial charge in [0.2, 0.25) is 17.7 Å². The average molecular weight is 460 g/mol. The molecule has 2 N–H and O–H groups in total. The summed E-state index contributed by atoms with van der Waals surface area (Å²) >= 11 is 0. The van der Waals surface area contributed by atoms with Crippen LogP contribution in [-0.2, 0) is 19.1 Å². The van der Waals surface area contributed by atoms with E-state index in [4.69, 9.17) is 4.74 Å². The number of aliphatic hydroxyl groups is 1. The Morgan fingerprint density at radius 1 is 1.12 bits per heavy atom. The van der Waals surface area contributed by atoms with E-state index in [1.807, 2.05) is 0 Å². The summed E-state index contributed by atoms with van der Waals surface area (Å²) in [6.45, 7) is 2.50. The van der Waals surface area contributed by atoms with Gasteiger partial charge in [-0.3, -0.25) is 19.3 Å². The molecular formula is C25H37N3O5. The summed E-state index contributed by atoms with van der Waals surface area (Å²) < 4.78 is 5.98. The molecule has 0 aromatic carbocycles. The first-order valence-corrected chi connectivity index (χ1v) is 12.5. The van der Waals surface area contributed by atoms with Crippen molar-refractivity contribution in [1.82, 2.24) is 15.1 Å². The van der Waals surface area contributed by atoms with Crippen LogP contribution in [0.4, 0.5) is 0 Å². The number of allylic oxidation sites excluding steroid dienone is 2. The summed E-state index contributed by atoms with van der Waals surface area (Å²) in [5.41, 5.74) is 0. The van der Waals surface area contributed by atoms with Gasteiger partial charge >= 0.3 is 0 Å². The van der Waals surface area contributed by atoms with Crippen molar-refractivity contribution in [2.45, 2.75) is 70.1 Å². The van der Waals surface area contributed by atoms with Crippen molar-refractivity contribution in [2.75, 3.05) is 26.7 Å². The summed E-state index contributed by atoms with van der Waals surface area (Å²) in [6, 6.07) is -0.735. The third-order valence-corrected chi connectivity index (χ3v) is 7.52. The molecule has 2 aliphatic carbocycles. The molecule has 0 spiro atoms. The van der Waals surface area contributed by atoms with E-state index < -0.39 is 24.1 Å². The van der Waals surface area contributed by atoms with Crippen LogP contribution in [0.2, 0.25) is 0 Å². The number of nitrogens with zero attached hydrogens (tertiary/aromatic N) is 2. The lowest BCUT2D eigenvalue weighted by atomic mass is 9.89. The first kappa shape index (κ1) is 24.0. The number of carbonyl (C=O) groups is 3. The molecule has 4 atom stereocenters. The molecule has 3 amide bonds. The first-order valence-electron chi connectivity index (χ1n) is 12.5. The molecule has 4 unspecified atom stereocenters. The van der Waals surface area contributed by atoms with Crippen LogP contribution in [0.15, 0.2) is 24.0 Å². The lowest BCUT2D eigenvalue weighted by molar-refractivity contribution is -0.150. The van der Waals surface area contributed by atoms with Crippen LogP contribution in [0.3, 0.4) is 0 Å². The van der Waals surface area contributed by atoms with E-state index in [-0.39, 0.29) is 30.6 Å². The van der Waals surface area contributed by atoms with Crippen LogP contribution < -0.4 is 5.32 Å². The summed E-state index contributed by atoms with van der Waals surface area (Å²) in [7, 11) is 2.14. The number of aliphatic hydroxyl groups excluding tert-OH is 1. The predicted octanol–water partition coefficient (Wildman–Crippen LogP) is 1.95. The number of fused-ring (bicyclic) bond motifs is 1. The molecule has 0 radical (unpaired) electrons. The number of ether oxygens (including phenoxy) is 1. The molecule has 2 aliphatic heterocycles. The van der Waals surface area contributed by atoms with Crippen molar-refractivity contribution in [3.8, 4) is 0 Å². The van der Waals surface area contributed by atoms with Crippen molar-refractivity contribution < 1.29 is 24.2 Å². The van der Waals surface area contributed by atoms with Crippen molar-refractivity contribution in [2.24, 2.45) is 17.8 Å². The molecule has 3 fully saturated rings. The summed E-state index contributed by atoms with van der Waals surface area (Å²) in [5, 5.41) is 12.7. The van der Waals surface area contributed by atoms with Crippen LogP contribution in [0, 0.1) is 17.8 Å². The molecule has 0 aromatic heterocycles. The van der Waals surface area contributed by atoms with Crippen LogP contribution in [0.5, 0.6) is 0 Å². The molecule has 2 saturated heterocycles. The third-order valence-electron chi connectivity index (χ3n) is 7.52. The normalized spacial score (nSPS) is 30.1. The summed E-state index contributed by atoms with van der Waals surface area (Å²) in [6.07, 6.45) is 13.5. The third kappa shape index (κ3) is 5.49. The van der Waals surface area contributed by atoms with Crippen molar-refractivity contribution in [1.29, 1.82) is 0 Å². The van der Waals surface area contributed by atoms with Gasteiger partial charge in [0, 0.05) is 13.0 Å². The van der Waals surface area contributed by atoms with E-state index in [1.54, 1.807) is 18.2 Å². The number of imide groups is 1. The van der Waals surface area contributed by atoms with Gasteiger partial charge in [0.15, 0.2) is 0 Å². The Kier molecular flexibility index (Phi) is 7.86. The molecular weight excluding hydrogens is 422 g/mol. The molecule has 0 bridgehead atoms. The van der Waals surface area contributed by atoms with E-state index in [1.165, 1.54) is 38.5 Å². The second kappa shape index (κ2) is 10.8. The highest BCUT2D eigenvalue weighted by Gasteiger charge is 2.53. The smallest absolute Gasteiger partial charge is 0.241 e. The lowest BCUT2D eigenvalue weighted by Gasteiger charge is -2.34. The minimum Gasteiger partial charge on any atom is -0.497 e. The molecule has 4 aliphatic rings. The van der Waals surface area contributed by atoms with E-state index >= 15 is 0 Å². The fourth-order valence-corrected chi connectivity index (χ4v) is 5.67. The Morgan fingerprint density at radius 2 is 1.88 bits per heavy atom. The molecule has 4 rings (SSSR count). The SMILES string of the molecule is CN(CCCOC1=CC=CC2C(=O)N(C3CCC(=O)NC3O)C(=O)C12)CCCC1CCCC1. The Labute approximate surface area is 196 Å². The number of likely N-dealkylation sites (tertiary alicyclic amines) is 1. The fourth-order valence-electron chi connectivity index (χ4n) is 5.67. The highest BCUT2D eigenvalue weighted by atomic mass is 16.5. The maximum Gasteiger partial charge on any atom is 0.241 e. The average Bonchev–Trinajstić information content (AvgIpc) is 3.39. The van der Waals surface area contributed by atoms with E-state index in [2.05, 4.69) is 17.3 Å². The second-order valence-corrected chi connectivity index (χ2v) is 9.92. The number of rotatable bonds is 10. The minimum absolute atomic E-state index is 0.178. The molecule has 0 aromatic rings. The topological polar surface area (TPSA) is 99.2 Å².